The van der Waals surface area contributed by atoms with Crippen LogP contribution in [-0.2, 0) is 13.0 Å². The van der Waals surface area contributed by atoms with Gasteiger partial charge in [-0.15, -0.1) is 0 Å². The normalized spacial score (nSPS) is 16.6. The van der Waals surface area contributed by atoms with Gasteiger partial charge >= 0.3 is 0 Å². The number of hydrogen-bond donors (Lipinski definition) is 2. The second-order valence-corrected chi connectivity index (χ2v) is 7.42. The predicted molar refractivity (Wildman–Crippen MR) is 117 cm³/mol. The fourth-order valence-electron chi connectivity index (χ4n) is 3.74. The molecule has 3 heterocycles. The van der Waals surface area contributed by atoms with Crippen molar-refractivity contribution in [1.29, 1.82) is 0 Å². The van der Waals surface area contributed by atoms with Crippen LogP contribution >= 0.6 is 0 Å². The van der Waals surface area contributed by atoms with Crippen LogP contribution in [0.15, 0.2) is 35.3 Å². The number of aromatic amines is 1. The number of halogens is 1. The summed E-state index contributed by atoms with van der Waals surface area (Å²) in [6, 6.07) is 6.66. The molecule has 4 rings (SSSR count). The molecule has 162 valence electrons. The molecule has 0 spiro atoms. The van der Waals surface area contributed by atoms with Crippen molar-refractivity contribution in [3.63, 3.8) is 0 Å². The van der Waals surface area contributed by atoms with Crippen LogP contribution in [-0.4, -0.2) is 58.9 Å². The first-order valence-electron chi connectivity index (χ1n) is 11.6. The highest BCUT2D eigenvalue weighted by molar-refractivity contribution is 5.92. The molecule has 1 amide bonds. The molecule has 0 aliphatic carbocycles. The third kappa shape index (κ3) is 4.27. The highest BCUT2D eigenvalue weighted by atomic mass is 19.1. The van der Waals surface area contributed by atoms with Gasteiger partial charge in [0.15, 0.2) is 5.82 Å². The van der Waals surface area contributed by atoms with Gasteiger partial charge in [-0.05, 0) is 24.6 Å². The standard InChI is InChI=1S/C22H25FN6O2/c1-3-16-22(31)27-20-17(26-16)6-4-14(19(20)23)13-28-8-10-29(11-9-28)15-5-7-18(25-12-15)21(30)24-2/h4-7,12H,3,8-11,13H2,1-2H3,(H,24,30)(H,27,31)/i2D3. The van der Waals surface area contributed by atoms with Gasteiger partial charge in [0.05, 0.1) is 17.4 Å². The molecular formula is C22H25FN6O2. The van der Waals surface area contributed by atoms with Crippen molar-refractivity contribution in [3.05, 3.63) is 63.6 Å². The van der Waals surface area contributed by atoms with Crippen LogP contribution in [0.5, 0.6) is 0 Å². The lowest BCUT2D eigenvalue weighted by Crippen LogP contribution is -2.46. The molecule has 8 nitrogen and oxygen atoms in total. The van der Waals surface area contributed by atoms with E-state index >= 15 is 4.39 Å². The molecule has 1 aromatic carbocycles. The summed E-state index contributed by atoms with van der Waals surface area (Å²) >= 11 is 0. The Labute approximate surface area is 183 Å². The van der Waals surface area contributed by atoms with E-state index in [1.807, 2.05) is 12.2 Å². The van der Waals surface area contributed by atoms with Crippen LogP contribution in [0.1, 0.15) is 32.8 Å². The molecule has 31 heavy (non-hydrogen) atoms. The van der Waals surface area contributed by atoms with Crippen molar-refractivity contribution < 1.29 is 13.3 Å². The zero-order chi connectivity index (χ0) is 24.5. The Balaban J connectivity index is 1.39. The van der Waals surface area contributed by atoms with E-state index in [1.54, 1.807) is 24.4 Å². The lowest BCUT2D eigenvalue weighted by molar-refractivity contribution is 0.0958. The number of H-pyrrole nitrogens is 1. The summed E-state index contributed by atoms with van der Waals surface area (Å²) in [5.41, 5.74) is 1.93. The van der Waals surface area contributed by atoms with E-state index in [0.717, 1.165) is 5.69 Å². The number of amides is 1. The number of piperazine rings is 1. The molecule has 9 heteroatoms. The van der Waals surface area contributed by atoms with Crippen molar-refractivity contribution in [1.82, 2.24) is 25.2 Å². The minimum absolute atomic E-state index is 0.0314. The molecule has 0 unspecified atom stereocenters. The van der Waals surface area contributed by atoms with Gasteiger partial charge in [0, 0.05) is 49.4 Å². The zero-order valence-electron chi connectivity index (χ0n) is 20.1. The maximum atomic E-state index is 15.1. The zero-order valence-corrected chi connectivity index (χ0v) is 17.1. The second-order valence-electron chi connectivity index (χ2n) is 7.42. The summed E-state index contributed by atoms with van der Waals surface area (Å²) < 4.78 is 36.4. The number of carbonyl (C=O) groups excluding carboxylic acids is 1. The number of pyridine rings is 1. The number of nitrogens with zero attached hydrogens (tertiary/aromatic N) is 4. The van der Waals surface area contributed by atoms with Crippen molar-refractivity contribution >= 4 is 22.6 Å². The van der Waals surface area contributed by atoms with E-state index in [9.17, 15) is 9.59 Å². The van der Waals surface area contributed by atoms with Crippen molar-refractivity contribution in [3.8, 4) is 0 Å². The number of aromatic nitrogens is 3. The fourth-order valence-corrected chi connectivity index (χ4v) is 3.74. The first kappa shape index (κ1) is 17.4. The van der Waals surface area contributed by atoms with Crippen molar-refractivity contribution in [2.24, 2.45) is 0 Å². The summed E-state index contributed by atoms with van der Waals surface area (Å²) in [5.74, 6) is -1.21. The maximum Gasteiger partial charge on any atom is 0.270 e. The van der Waals surface area contributed by atoms with Crippen LogP contribution in [0, 0.1) is 5.82 Å². The monoisotopic (exact) mass is 427 g/mol. The molecule has 1 fully saturated rings. The van der Waals surface area contributed by atoms with Gasteiger partial charge in [0.2, 0.25) is 0 Å². The largest absolute Gasteiger partial charge is 0.368 e. The maximum absolute atomic E-state index is 15.1. The average Bonchev–Trinajstić information content (AvgIpc) is 2.80. The smallest absolute Gasteiger partial charge is 0.270 e. The third-order valence-corrected chi connectivity index (χ3v) is 5.52. The molecular weight excluding hydrogens is 399 g/mol. The molecule has 3 aromatic rings. The lowest BCUT2D eigenvalue weighted by Gasteiger charge is -2.36. The van der Waals surface area contributed by atoms with Crippen LogP contribution in [0.3, 0.4) is 0 Å². The van der Waals surface area contributed by atoms with Gasteiger partial charge in [-0.2, -0.15) is 0 Å². The second kappa shape index (κ2) is 8.81. The van der Waals surface area contributed by atoms with Gasteiger partial charge in [-0.3, -0.25) is 14.5 Å². The number of aryl methyl sites for hydroxylation is 1. The summed E-state index contributed by atoms with van der Waals surface area (Å²) in [7, 11) is 0. The third-order valence-electron chi connectivity index (χ3n) is 5.52. The van der Waals surface area contributed by atoms with Gasteiger partial charge in [0.25, 0.3) is 11.5 Å². The molecule has 0 bridgehead atoms. The van der Waals surface area contributed by atoms with E-state index < -0.39 is 18.7 Å². The number of carbonyl (C=O) groups is 1. The van der Waals surface area contributed by atoms with E-state index in [4.69, 9.17) is 4.11 Å². The Kier molecular flexibility index (Phi) is 4.93. The van der Waals surface area contributed by atoms with Crippen molar-refractivity contribution in [2.75, 3.05) is 38.1 Å². The van der Waals surface area contributed by atoms with Crippen LogP contribution in [0.25, 0.3) is 11.0 Å². The van der Waals surface area contributed by atoms with Crippen LogP contribution in [0.4, 0.5) is 10.1 Å². The number of benzene rings is 1. The molecule has 2 aromatic heterocycles. The average molecular weight is 427 g/mol. The number of nitrogens with one attached hydrogen (secondary N) is 2. The van der Waals surface area contributed by atoms with Gasteiger partial charge in [-0.1, -0.05) is 13.0 Å². The van der Waals surface area contributed by atoms with Gasteiger partial charge in [0.1, 0.15) is 16.9 Å². The Morgan fingerprint density at radius 2 is 2.06 bits per heavy atom. The highest BCUT2D eigenvalue weighted by Gasteiger charge is 2.20. The number of anilines is 1. The number of fused-ring (bicyclic) bond motifs is 1. The molecule has 1 aliphatic rings. The van der Waals surface area contributed by atoms with Gasteiger partial charge < -0.3 is 15.2 Å². The predicted octanol–water partition coefficient (Wildman–Crippen LogP) is 1.70. The number of hydrogen-bond acceptors (Lipinski definition) is 6. The molecule has 0 radical (unpaired) electrons. The van der Waals surface area contributed by atoms with Crippen molar-refractivity contribution in [2.45, 2.75) is 19.9 Å². The Morgan fingerprint density at radius 3 is 2.74 bits per heavy atom. The summed E-state index contributed by atoms with van der Waals surface area (Å²) in [5, 5.41) is 1.91. The minimum Gasteiger partial charge on any atom is -0.368 e. The molecule has 2 N–H and O–H groups in total. The van der Waals surface area contributed by atoms with E-state index in [0.29, 0.717) is 55.9 Å². The Bertz CT molecular complexity index is 1250. The fraction of sp³-hybridized carbons (Fsp3) is 0.364. The SMILES string of the molecule is [2H]C([2H])([2H])NC(=O)c1ccc(N2CCN(Cc3ccc4nc(CC)c(=O)[nH]c4c3F)CC2)cn1. The molecule has 1 aliphatic heterocycles. The lowest BCUT2D eigenvalue weighted by atomic mass is 10.1. The van der Waals surface area contributed by atoms with E-state index in [2.05, 4.69) is 24.8 Å². The molecule has 0 atom stereocenters. The minimum atomic E-state index is -2.57. The van der Waals surface area contributed by atoms with E-state index in [-0.39, 0.29) is 16.8 Å². The van der Waals surface area contributed by atoms with Crippen LogP contribution < -0.4 is 15.8 Å². The summed E-state index contributed by atoms with van der Waals surface area (Å²) in [6.45, 7) is 2.38. The topological polar surface area (TPSA) is 94.2 Å². The Hall–Kier alpha value is -3.33. The summed E-state index contributed by atoms with van der Waals surface area (Å²) in [4.78, 5) is 39.2. The molecule has 1 saturated heterocycles. The van der Waals surface area contributed by atoms with Gasteiger partial charge in [-0.25, -0.2) is 14.4 Å². The highest BCUT2D eigenvalue weighted by Crippen LogP contribution is 2.21. The van der Waals surface area contributed by atoms with Crippen LogP contribution in [0.2, 0.25) is 0 Å². The van der Waals surface area contributed by atoms with E-state index in [1.165, 1.54) is 6.07 Å². The summed E-state index contributed by atoms with van der Waals surface area (Å²) in [6.07, 6.45) is 2.02. The Morgan fingerprint density at radius 1 is 1.26 bits per heavy atom. The first-order valence-corrected chi connectivity index (χ1v) is 10.1. The number of rotatable bonds is 5. The first-order chi connectivity index (χ1) is 16.1. The molecule has 0 saturated carbocycles. The quantitative estimate of drug-likeness (QED) is 0.644.